The van der Waals surface area contributed by atoms with Crippen LogP contribution in [0, 0.1) is 0 Å². The van der Waals surface area contributed by atoms with Crippen LogP contribution in [0.1, 0.15) is 11.3 Å². The van der Waals surface area contributed by atoms with Gasteiger partial charge in [0.2, 0.25) is 0 Å². The van der Waals surface area contributed by atoms with Gasteiger partial charge in [0.15, 0.2) is 0 Å². The summed E-state index contributed by atoms with van der Waals surface area (Å²) in [6.07, 6.45) is -9.20. The lowest BCUT2D eigenvalue weighted by Gasteiger charge is -2.11. The second-order valence-corrected chi connectivity index (χ2v) is 4.24. The molecule has 0 fully saturated rings. The minimum absolute atomic E-state index is 0.112. The molecule has 2 aromatic rings. The molecule has 0 aliphatic rings. The third kappa shape index (κ3) is 3.45. The monoisotopic (exact) mass is 306 g/mol. The predicted octanol–water partition coefficient (Wildman–Crippen LogP) is 4.37. The lowest BCUT2D eigenvalue weighted by molar-refractivity contribution is -0.141. The second kappa shape index (κ2) is 4.94. The number of halogens is 6. The summed E-state index contributed by atoms with van der Waals surface area (Å²) in [5.74, 6) is 0. The molecule has 0 bridgehead atoms. The number of rotatable bonds is 1. The number of benzene rings is 1. The highest BCUT2D eigenvalue weighted by atomic mass is 19.4. The quantitative estimate of drug-likeness (QED) is 0.795. The van der Waals surface area contributed by atoms with Crippen LogP contribution in [0.15, 0.2) is 36.4 Å². The van der Waals surface area contributed by atoms with Gasteiger partial charge in [-0.25, -0.2) is 4.98 Å². The third-order valence-corrected chi connectivity index (χ3v) is 2.65. The van der Waals surface area contributed by atoms with Crippen molar-refractivity contribution in [2.75, 3.05) is 5.73 Å². The molecule has 0 aliphatic heterocycles. The maximum absolute atomic E-state index is 12.6. The number of hydrogen-bond donors (Lipinski definition) is 1. The summed E-state index contributed by atoms with van der Waals surface area (Å²) >= 11 is 0. The molecule has 1 heterocycles. The first-order valence-corrected chi connectivity index (χ1v) is 5.60. The first-order valence-electron chi connectivity index (χ1n) is 5.60. The maximum Gasteiger partial charge on any atom is 0.433 e. The Labute approximate surface area is 115 Å². The third-order valence-electron chi connectivity index (χ3n) is 2.65. The number of nitrogen functional groups attached to an aromatic ring is 1. The van der Waals surface area contributed by atoms with Crippen molar-refractivity contribution in [3.05, 3.63) is 47.7 Å². The second-order valence-electron chi connectivity index (χ2n) is 4.24. The van der Waals surface area contributed by atoms with Crippen molar-refractivity contribution in [3.63, 3.8) is 0 Å². The first kappa shape index (κ1) is 15.1. The molecule has 2 nitrogen and oxygen atoms in total. The Morgan fingerprint density at radius 3 is 1.86 bits per heavy atom. The van der Waals surface area contributed by atoms with Crippen molar-refractivity contribution in [3.8, 4) is 11.3 Å². The van der Waals surface area contributed by atoms with Crippen molar-refractivity contribution >= 4 is 5.69 Å². The van der Waals surface area contributed by atoms with Crippen LogP contribution in [0.5, 0.6) is 0 Å². The fourth-order valence-electron chi connectivity index (χ4n) is 1.67. The summed E-state index contributed by atoms with van der Waals surface area (Å²) in [7, 11) is 0. The number of nitrogens with zero attached hydrogens (tertiary/aromatic N) is 1. The summed E-state index contributed by atoms with van der Waals surface area (Å²) in [5, 5.41) is 0. The topological polar surface area (TPSA) is 38.9 Å². The van der Waals surface area contributed by atoms with Gasteiger partial charge in [-0.2, -0.15) is 26.3 Å². The fraction of sp³-hybridized carbons (Fsp3) is 0.154. The minimum Gasteiger partial charge on any atom is -0.399 e. The molecule has 0 radical (unpaired) electrons. The SMILES string of the molecule is Nc1cc(-c2ccc(C(F)(F)F)cc2)nc(C(F)(F)F)c1. The first-order chi connectivity index (χ1) is 9.57. The summed E-state index contributed by atoms with van der Waals surface area (Å²) in [4.78, 5) is 3.38. The van der Waals surface area contributed by atoms with E-state index in [1.165, 1.54) is 0 Å². The zero-order valence-electron chi connectivity index (χ0n) is 10.3. The fourth-order valence-corrected chi connectivity index (χ4v) is 1.67. The number of alkyl halides is 6. The molecule has 0 saturated heterocycles. The van der Waals surface area contributed by atoms with E-state index in [2.05, 4.69) is 4.98 Å². The van der Waals surface area contributed by atoms with Crippen LogP contribution in [0.2, 0.25) is 0 Å². The largest absolute Gasteiger partial charge is 0.433 e. The standard InChI is InChI=1S/C13H8F6N2/c14-12(15,16)8-3-1-7(2-4-8)10-5-9(20)6-11(21-10)13(17,18)19/h1-6H,(H2,20,21). The van der Waals surface area contributed by atoms with Crippen LogP contribution >= 0.6 is 0 Å². The van der Waals surface area contributed by atoms with E-state index in [9.17, 15) is 26.3 Å². The molecule has 0 saturated carbocycles. The predicted molar refractivity (Wildman–Crippen MR) is 64.1 cm³/mol. The van der Waals surface area contributed by atoms with Crippen molar-refractivity contribution in [2.45, 2.75) is 12.4 Å². The Kier molecular flexibility index (Phi) is 3.56. The molecular formula is C13H8F6N2. The molecule has 8 heteroatoms. The van der Waals surface area contributed by atoms with Gasteiger partial charge in [0.25, 0.3) is 0 Å². The van der Waals surface area contributed by atoms with E-state index in [1.807, 2.05) is 0 Å². The van der Waals surface area contributed by atoms with E-state index in [1.54, 1.807) is 0 Å². The average Bonchev–Trinajstić information content (AvgIpc) is 2.36. The van der Waals surface area contributed by atoms with Crippen LogP contribution in [-0.4, -0.2) is 4.98 Å². The van der Waals surface area contributed by atoms with E-state index in [0.29, 0.717) is 6.07 Å². The zero-order valence-corrected chi connectivity index (χ0v) is 10.3. The van der Waals surface area contributed by atoms with Gasteiger partial charge in [-0.3, -0.25) is 0 Å². The summed E-state index contributed by atoms with van der Waals surface area (Å²) in [5.41, 5.74) is 3.07. The lowest BCUT2D eigenvalue weighted by atomic mass is 10.1. The number of nitrogens with two attached hydrogens (primary N) is 1. The average molecular weight is 306 g/mol. The highest BCUT2D eigenvalue weighted by molar-refractivity contribution is 5.64. The molecule has 0 unspecified atom stereocenters. The van der Waals surface area contributed by atoms with Crippen molar-refractivity contribution in [2.24, 2.45) is 0 Å². The van der Waals surface area contributed by atoms with Gasteiger partial charge >= 0.3 is 12.4 Å². The lowest BCUT2D eigenvalue weighted by Crippen LogP contribution is -2.09. The molecule has 0 spiro atoms. The van der Waals surface area contributed by atoms with E-state index in [-0.39, 0.29) is 16.9 Å². The van der Waals surface area contributed by atoms with Crippen LogP contribution < -0.4 is 5.73 Å². The van der Waals surface area contributed by atoms with Gasteiger partial charge in [-0.1, -0.05) is 12.1 Å². The number of anilines is 1. The van der Waals surface area contributed by atoms with Crippen molar-refractivity contribution in [1.82, 2.24) is 4.98 Å². The smallest absolute Gasteiger partial charge is 0.399 e. The highest BCUT2D eigenvalue weighted by Gasteiger charge is 2.33. The van der Waals surface area contributed by atoms with Gasteiger partial charge in [0, 0.05) is 11.3 Å². The maximum atomic E-state index is 12.6. The normalized spacial score (nSPS) is 12.5. The van der Waals surface area contributed by atoms with Crippen LogP contribution in [-0.2, 0) is 12.4 Å². The number of aromatic nitrogens is 1. The van der Waals surface area contributed by atoms with Gasteiger partial charge in [-0.15, -0.1) is 0 Å². The molecule has 2 N–H and O–H groups in total. The van der Waals surface area contributed by atoms with Gasteiger partial charge in [0.05, 0.1) is 11.3 Å². The number of hydrogen-bond acceptors (Lipinski definition) is 2. The summed E-state index contributed by atoms with van der Waals surface area (Å²) in [6.45, 7) is 0. The molecule has 0 aliphatic carbocycles. The minimum atomic E-state index is -4.68. The summed E-state index contributed by atoms with van der Waals surface area (Å²) < 4.78 is 75.1. The zero-order chi connectivity index (χ0) is 15.8. The van der Waals surface area contributed by atoms with Gasteiger partial charge in [-0.05, 0) is 24.3 Å². The Hall–Kier alpha value is -2.25. The molecule has 21 heavy (non-hydrogen) atoms. The van der Waals surface area contributed by atoms with Crippen molar-refractivity contribution in [1.29, 1.82) is 0 Å². The molecule has 1 aromatic heterocycles. The molecule has 0 amide bonds. The van der Waals surface area contributed by atoms with Crippen LogP contribution in [0.4, 0.5) is 32.0 Å². The molecule has 0 atom stereocenters. The van der Waals surface area contributed by atoms with E-state index in [0.717, 1.165) is 30.3 Å². The summed E-state index contributed by atoms with van der Waals surface area (Å²) in [6, 6.07) is 5.46. The van der Waals surface area contributed by atoms with Crippen LogP contribution in [0.3, 0.4) is 0 Å². The Bertz CT molecular complexity index is 643. The van der Waals surface area contributed by atoms with Crippen LogP contribution in [0.25, 0.3) is 11.3 Å². The van der Waals surface area contributed by atoms with Crippen molar-refractivity contribution < 1.29 is 26.3 Å². The Balaban J connectivity index is 2.45. The van der Waals surface area contributed by atoms with Gasteiger partial charge < -0.3 is 5.73 Å². The molecule has 2 rings (SSSR count). The van der Waals surface area contributed by atoms with E-state index < -0.39 is 23.6 Å². The Morgan fingerprint density at radius 2 is 1.38 bits per heavy atom. The molecule has 112 valence electrons. The molecule has 1 aromatic carbocycles. The van der Waals surface area contributed by atoms with E-state index in [4.69, 9.17) is 5.73 Å². The van der Waals surface area contributed by atoms with E-state index >= 15 is 0 Å². The van der Waals surface area contributed by atoms with Gasteiger partial charge in [0.1, 0.15) is 5.69 Å². The highest BCUT2D eigenvalue weighted by Crippen LogP contribution is 2.33. The number of pyridine rings is 1. The molecular weight excluding hydrogens is 298 g/mol. The Morgan fingerprint density at radius 1 is 0.810 bits per heavy atom.